The van der Waals surface area contributed by atoms with Crippen LogP contribution in [0.1, 0.15) is 11.7 Å². The molecule has 1 aromatic carbocycles. The predicted octanol–water partition coefficient (Wildman–Crippen LogP) is 1.34. The molecular weight excluding hydrogens is 284 g/mol. The second-order valence-electron chi connectivity index (χ2n) is 3.98. The Labute approximate surface area is 115 Å². The Balaban J connectivity index is 2.03. The number of nitrogens with two attached hydrogens (primary N) is 1. The van der Waals surface area contributed by atoms with E-state index in [0.29, 0.717) is 11.3 Å². The molecule has 1 unspecified atom stereocenters. The van der Waals surface area contributed by atoms with Crippen LogP contribution in [0.4, 0.5) is 5.69 Å². The molecule has 0 fully saturated rings. The molecular formula is C12H14N2O3S2. The Hall–Kier alpha value is -1.41. The molecule has 0 saturated heterocycles. The average molecular weight is 298 g/mol. The molecule has 19 heavy (non-hydrogen) atoms. The molecule has 7 heteroatoms. The van der Waals surface area contributed by atoms with Gasteiger partial charge in [-0.3, -0.25) is 0 Å². The highest BCUT2D eigenvalue weighted by atomic mass is 32.2. The highest BCUT2D eigenvalue weighted by Crippen LogP contribution is 2.21. The number of aliphatic hydroxyl groups excluding tert-OH is 1. The molecule has 0 aliphatic rings. The van der Waals surface area contributed by atoms with Crippen LogP contribution < -0.4 is 10.5 Å². The summed E-state index contributed by atoms with van der Waals surface area (Å²) in [7, 11) is -3.61. The number of anilines is 1. The summed E-state index contributed by atoms with van der Waals surface area (Å²) in [5.41, 5.74) is 6.57. The number of nitrogens with one attached hydrogen (secondary N) is 1. The van der Waals surface area contributed by atoms with Crippen molar-refractivity contribution < 1.29 is 13.5 Å². The van der Waals surface area contributed by atoms with Crippen LogP contribution >= 0.6 is 11.3 Å². The summed E-state index contributed by atoms with van der Waals surface area (Å²) in [6.07, 6.45) is -0.881. The van der Waals surface area contributed by atoms with Crippen molar-refractivity contribution in [3.05, 3.63) is 47.3 Å². The van der Waals surface area contributed by atoms with Crippen molar-refractivity contribution in [2.45, 2.75) is 10.3 Å². The first-order chi connectivity index (χ1) is 8.99. The van der Waals surface area contributed by atoms with Crippen LogP contribution in [-0.2, 0) is 10.0 Å². The molecule has 1 aromatic heterocycles. The maximum Gasteiger partial charge on any atom is 0.250 e. The largest absolute Gasteiger partial charge is 0.398 e. The van der Waals surface area contributed by atoms with Crippen LogP contribution in [0.5, 0.6) is 0 Å². The van der Waals surface area contributed by atoms with Crippen LogP contribution in [0.3, 0.4) is 0 Å². The fourth-order valence-electron chi connectivity index (χ4n) is 1.52. The van der Waals surface area contributed by atoms with Gasteiger partial charge in [0.15, 0.2) is 0 Å². The van der Waals surface area contributed by atoms with Gasteiger partial charge in [-0.15, -0.1) is 11.3 Å². The number of sulfonamides is 1. The van der Waals surface area contributed by atoms with Gasteiger partial charge < -0.3 is 10.8 Å². The van der Waals surface area contributed by atoms with Gasteiger partial charge in [0, 0.05) is 17.6 Å². The van der Waals surface area contributed by atoms with Crippen LogP contribution in [0.2, 0.25) is 0 Å². The molecule has 0 aliphatic carbocycles. The number of aliphatic hydroxyl groups is 1. The lowest BCUT2D eigenvalue weighted by Crippen LogP contribution is -2.28. The number of rotatable bonds is 5. The molecule has 0 bridgehead atoms. The Bertz CT molecular complexity index is 638. The van der Waals surface area contributed by atoms with Gasteiger partial charge in [-0.2, -0.15) is 0 Å². The average Bonchev–Trinajstić information content (AvgIpc) is 2.85. The highest BCUT2D eigenvalue weighted by Gasteiger charge is 2.18. The first kappa shape index (κ1) is 14.0. The van der Waals surface area contributed by atoms with E-state index in [1.807, 2.05) is 6.07 Å². The summed E-state index contributed by atoms with van der Waals surface area (Å²) in [6, 6.07) is 10.3. The van der Waals surface area contributed by atoms with Crippen LogP contribution in [0.15, 0.2) is 46.0 Å². The minimum Gasteiger partial charge on any atom is -0.398 e. The second kappa shape index (κ2) is 5.70. The summed E-state index contributed by atoms with van der Waals surface area (Å²) in [5.74, 6) is 0. The maximum atomic E-state index is 11.9. The third-order valence-electron chi connectivity index (χ3n) is 2.51. The molecule has 4 N–H and O–H groups in total. The topological polar surface area (TPSA) is 92.4 Å². The van der Waals surface area contributed by atoms with Gasteiger partial charge in [-0.05, 0) is 11.6 Å². The molecule has 102 valence electrons. The first-order valence-corrected chi connectivity index (χ1v) is 7.92. The van der Waals surface area contributed by atoms with E-state index in [-0.39, 0.29) is 10.8 Å². The normalized spacial score (nSPS) is 13.3. The molecule has 0 aliphatic heterocycles. The summed E-state index contributed by atoms with van der Waals surface area (Å²) in [5, 5.41) is 11.4. The van der Waals surface area contributed by atoms with Crippen molar-refractivity contribution in [3.8, 4) is 0 Å². The first-order valence-electron chi connectivity index (χ1n) is 5.56. The van der Waals surface area contributed by atoms with Crippen LogP contribution in [0.25, 0.3) is 0 Å². The summed E-state index contributed by atoms with van der Waals surface area (Å²) >= 11 is 1.05. The fourth-order valence-corrected chi connectivity index (χ4v) is 3.69. The summed E-state index contributed by atoms with van der Waals surface area (Å²) in [6.45, 7) is -0.0792. The maximum absolute atomic E-state index is 11.9. The lowest BCUT2D eigenvalue weighted by Gasteiger charge is -2.11. The van der Waals surface area contributed by atoms with Crippen molar-refractivity contribution >= 4 is 27.0 Å². The number of hydrogen-bond donors (Lipinski definition) is 3. The molecule has 1 heterocycles. The van der Waals surface area contributed by atoms with E-state index in [4.69, 9.17) is 5.73 Å². The van der Waals surface area contributed by atoms with Crippen LogP contribution in [-0.4, -0.2) is 20.1 Å². The Morgan fingerprint density at radius 1 is 1.32 bits per heavy atom. The molecule has 5 nitrogen and oxygen atoms in total. The smallest absolute Gasteiger partial charge is 0.250 e. The molecule has 0 radical (unpaired) electrons. The van der Waals surface area contributed by atoms with Gasteiger partial charge in [0.1, 0.15) is 4.21 Å². The summed E-state index contributed by atoms with van der Waals surface area (Å²) < 4.78 is 26.3. The molecule has 1 atom stereocenters. The van der Waals surface area contributed by atoms with E-state index in [1.165, 1.54) is 6.07 Å². The molecule has 2 rings (SSSR count). The second-order valence-corrected chi connectivity index (χ2v) is 6.88. The number of benzene rings is 1. The fraction of sp³-hybridized carbons (Fsp3) is 0.167. The van der Waals surface area contributed by atoms with Crippen molar-refractivity contribution in [3.63, 3.8) is 0 Å². The van der Waals surface area contributed by atoms with Crippen LogP contribution in [0, 0.1) is 0 Å². The van der Waals surface area contributed by atoms with Gasteiger partial charge in [-0.1, -0.05) is 30.3 Å². The van der Waals surface area contributed by atoms with Crippen molar-refractivity contribution in [1.29, 1.82) is 0 Å². The zero-order chi connectivity index (χ0) is 13.9. The third kappa shape index (κ3) is 3.54. The van der Waals surface area contributed by atoms with Crippen molar-refractivity contribution in [2.24, 2.45) is 0 Å². The minimum absolute atomic E-state index is 0.0792. The quantitative estimate of drug-likeness (QED) is 0.776. The van der Waals surface area contributed by atoms with Crippen molar-refractivity contribution in [1.82, 2.24) is 4.72 Å². The van der Waals surface area contributed by atoms with Gasteiger partial charge >= 0.3 is 0 Å². The number of hydrogen-bond acceptors (Lipinski definition) is 5. The summed E-state index contributed by atoms with van der Waals surface area (Å²) in [4.78, 5) is 0. The molecule has 2 aromatic rings. The Kier molecular flexibility index (Phi) is 4.20. The lowest BCUT2D eigenvalue weighted by atomic mass is 10.1. The lowest BCUT2D eigenvalue weighted by molar-refractivity contribution is 0.182. The Morgan fingerprint density at radius 2 is 2.00 bits per heavy atom. The zero-order valence-corrected chi connectivity index (χ0v) is 11.6. The zero-order valence-electron chi connectivity index (χ0n) is 9.98. The SMILES string of the molecule is Nc1csc(S(=O)(=O)NCC(O)c2ccccc2)c1. The monoisotopic (exact) mass is 298 g/mol. The highest BCUT2D eigenvalue weighted by molar-refractivity contribution is 7.91. The van der Waals surface area contributed by atoms with Gasteiger partial charge in [0.05, 0.1) is 6.10 Å². The van der Waals surface area contributed by atoms with Crippen molar-refractivity contribution in [2.75, 3.05) is 12.3 Å². The predicted molar refractivity (Wildman–Crippen MR) is 75.3 cm³/mol. The van der Waals surface area contributed by atoms with E-state index in [1.54, 1.807) is 29.6 Å². The number of thiophene rings is 1. The minimum atomic E-state index is -3.61. The number of nitrogen functional groups attached to an aromatic ring is 1. The molecule has 0 spiro atoms. The van der Waals surface area contributed by atoms with Gasteiger partial charge in [0.25, 0.3) is 0 Å². The Morgan fingerprint density at radius 3 is 2.58 bits per heavy atom. The van der Waals surface area contributed by atoms with E-state index in [0.717, 1.165) is 11.3 Å². The van der Waals surface area contributed by atoms with E-state index < -0.39 is 16.1 Å². The van der Waals surface area contributed by atoms with E-state index >= 15 is 0 Å². The molecule has 0 saturated carbocycles. The van der Waals surface area contributed by atoms with E-state index in [9.17, 15) is 13.5 Å². The third-order valence-corrected chi connectivity index (χ3v) is 5.39. The van der Waals surface area contributed by atoms with Gasteiger partial charge in [-0.25, -0.2) is 13.1 Å². The molecule has 0 amide bonds. The van der Waals surface area contributed by atoms with E-state index in [2.05, 4.69) is 4.72 Å². The standard InChI is InChI=1S/C12H14N2O3S2/c13-10-6-12(18-8-10)19(16,17)14-7-11(15)9-4-2-1-3-5-9/h1-6,8,11,14-15H,7,13H2. The van der Waals surface area contributed by atoms with Gasteiger partial charge in [0.2, 0.25) is 10.0 Å².